The second-order valence-corrected chi connectivity index (χ2v) is 7.68. The molecule has 1 aliphatic rings. The zero-order valence-electron chi connectivity index (χ0n) is 14.0. The zero-order valence-corrected chi connectivity index (χ0v) is 14.8. The first-order valence-electron chi connectivity index (χ1n) is 7.58. The Bertz CT molecular complexity index is 654. The highest BCUT2D eigenvalue weighted by Crippen LogP contribution is 2.26. The van der Waals surface area contributed by atoms with Crippen molar-refractivity contribution >= 4 is 21.7 Å². The predicted molar refractivity (Wildman–Crippen MR) is 86.8 cm³/mol. The Balaban J connectivity index is 2.42. The van der Waals surface area contributed by atoms with Crippen molar-refractivity contribution in [2.75, 3.05) is 13.2 Å². The van der Waals surface area contributed by atoms with Gasteiger partial charge in [-0.2, -0.15) is 8.42 Å². The first-order valence-corrected chi connectivity index (χ1v) is 9.08. The second-order valence-electron chi connectivity index (χ2n) is 5.84. The highest BCUT2D eigenvalue weighted by atomic mass is 32.2. The van der Waals surface area contributed by atoms with E-state index in [1.54, 1.807) is 20.8 Å². The molecule has 0 aromatic heterocycles. The lowest BCUT2D eigenvalue weighted by atomic mass is 9.84. The van der Waals surface area contributed by atoms with Crippen LogP contribution in [0.1, 0.15) is 47.0 Å². The van der Waals surface area contributed by atoms with E-state index in [-0.39, 0.29) is 24.6 Å². The smallest absolute Gasteiger partial charge is 0.267 e. The monoisotopic (exact) mass is 344 g/mol. The van der Waals surface area contributed by atoms with Crippen LogP contribution in [0.15, 0.2) is 22.3 Å². The third-order valence-corrected chi connectivity index (χ3v) is 5.46. The molecule has 0 aromatic carbocycles. The predicted octanol–water partition coefficient (Wildman–Crippen LogP) is 2.25. The molecule has 7 heteroatoms. The topological polar surface area (TPSA) is 97.7 Å². The fraction of sp³-hybridized carbons (Fsp3) is 0.625. The minimum absolute atomic E-state index is 0.0833. The first kappa shape index (κ1) is 19.7. The molecule has 0 aromatic rings. The molecule has 6 nitrogen and oxygen atoms in total. The van der Waals surface area contributed by atoms with Gasteiger partial charge in [0.1, 0.15) is 0 Å². The van der Waals surface area contributed by atoms with Crippen LogP contribution in [0.5, 0.6) is 0 Å². The summed E-state index contributed by atoms with van der Waals surface area (Å²) in [7, 11) is -4.02. The van der Waals surface area contributed by atoms with Gasteiger partial charge in [-0.05, 0) is 47.0 Å². The SMILES string of the molecule is CC1=C(C)C(=O)C(CCCOCCC(C)S(=O)(=O)O)=C(C)C1=O. The Morgan fingerprint density at radius 2 is 1.57 bits per heavy atom. The Hall–Kier alpha value is -1.31. The molecule has 1 unspecified atom stereocenters. The van der Waals surface area contributed by atoms with Crippen molar-refractivity contribution in [1.82, 2.24) is 0 Å². The van der Waals surface area contributed by atoms with Gasteiger partial charge in [-0.25, -0.2) is 0 Å². The van der Waals surface area contributed by atoms with Gasteiger partial charge in [0.15, 0.2) is 11.6 Å². The number of ketones is 2. The molecule has 130 valence electrons. The van der Waals surface area contributed by atoms with E-state index in [1.165, 1.54) is 6.92 Å². The number of carbonyl (C=O) groups is 2. The summed E-state index contributed by atoms with van der Waals surface area (Å²) in [5.74, 6) is -0.167. The second kappa shape index (κ2) is 7.99. The maximum Gasteiger partial charge on any atom is 0.267 e. The Kier molecular flexibility index (Phi) is 6.85. The van der Waals surface area contributed by atoms with Gasteiger partial charge in [0, 0.05) is 35.5 Å². The van der Waals surface area contributed by atoms with E-state index in [9.17, 15) is 18.0 Å². The van der Waals surface area contributed by atoms with Gasteiger partial charge < -0.3 is 4.74 Å². The summed E-state index contributed by atoms with van der Waals surface area (Å²) in [4.78, 5) is 24.2. The van der Waals surface area contributed by atoms with Crippen LogP contribution >= 0.6 is 0 Å². The fourth-order valence-corrected chi connectivity index (χ4v) is 2.70. The summed E-state index contributed by atoms with van der Waals surface area (Å²) in [6, 6.07) is 0. The molecular formula is C16H24O6S. The fourth-order valence-electron chi connectivity index (χ4n) is 2.31. The standard InChI is InChI=1S/C16H24O6S/c1-10(23(19,20)21)7-9-22-8-5-6-14-13(4)15(17)11(2)12(3)16(14)18/h10H,5-9H2,1-4H3,(H,19,20,21). The molecule has 1 N–H and O–H groups in total. The molecule has 1 atom stereocenters. The van der Waals surface area contributed by atoms with E-state index in [2.05, 4.69) is 0 Å². The largest absolute Gasteiger partial charge is 0.381 e. The molecule has 0 aliphatic heterocycles. The number of hydrogen-bond donors (Lipinski definition) is 1. The molecular weight excluding hydrogens is 320 g/mol. The Labute approximate surface area is 137 Å². The number of ether oxygens (including phenoxy) is 1. The zero-order chi connectivity index (χ0) is 17.8. The van der Waals surface area contributed by atoms with Crippen LogP contribution in [0.25, 0.3) is 0 Å². The summed E-state index contributed by atoms with van der Waals surface area (Å²) in [5, 5.41) is -0.860. The van der Waals surface area contributed by atoms with Crippen LogP contribution in [-0.4, -0.2) is 43.0 Å². The van der Waals surface area contributed by atoms with E-state index in [1.807, 2.05) is 0 Å². The molecule has 0 spiro atoms. The number of Topliss-reactive ketones (excluding diaryl/α,β-unsaturated/α-hetero) is 2. The van der Waals surface area contributed by atoms with Gasteiger partial charge in [0.25, 0.3) is 10.1 Å². The molecule has 0 bridgehead atoms. The van der Waals surface area contributed by atoms with Gasteiger partial charge in [-0.1, -0.05) is 0 Å². The van der Waals surface area contributed by atoms with Crippen LogP contribution in [0, 0.1) is 0 Å². The van der Waals surface area contributed by atoms with Crippen molar-refractivity contribution in [2.45, 2.75) is 52.2 Å². The molecule has 0 amide bonds. The van der Waals surface area contributed by atoms with Crippen LogP contribution in [-0.2, 0) is 24.4 Å². The molecule has 0 saturated carbocycles. The third kappa shape index (κ3) is 5.09. The normalized spacial score (nSPS) is 18.0. The summed E-state index contributed by atoms with van der Waals surface area (Å²) in [5.41, 5.74) is 2.04. The molecule has 1 rings (SSSR count). The third-order valence-electron chi connectivity index (χ3n) is 4.20. The molecule has 0 saturated heterocycles. The van der Waals surface area contributed by atoms with Gasteiger partial charge >= 0.3 is 0 Å². The van der Waals surface area contributed by atoms with Gasteiger partial charge in [-0.3, -0.25) is 14.1 Å². The van der Waals surface area contributed by atoms with E-state index < -0.39 is 15.4 Å². The van der Waals surface area contributed by atoms with E-state index in [0.717, 1.165) is 0 Å². The molecule has 0 heterocycles. The van der Waals surface area contributed by atoms with Crippen molar-refractivity contribution in [3.63, 3.8) is 0 Å². The van der Waals surface area contributed by atoms with Crippen molar-refractivity contribution in [2.24, 2.45) is 0 Å². The summed E-state index contributed by atoms with van der Waals surface area (Å²) in [6.07, 6.45) is 1.23. The average Bonchev–Trinajstić information content (AvgIpc) is 2.48. The number of allylic oxidation sites excluding steroid dienone is 4. The van der Waals surface area contributed by atoms with E-state index >= 15 is 0 Å². The average molecular weight is 344 g/mol. The molecule has 0 fully saturated rings. The summed E-state index contributed by atoms with van der Waals surface area (Å²) >= 11 is 0. The van der Waals surface area contributed by atoms with Gasteiger partial charge in [-0.15, -0.1) is 0 Å². The first-order chi connectivity index (χ1) is 10.6. The van der Waals surface area contributed by atoms with Crippen LogP contribution in [0.2, 0.25) is 0 Å². The highest BCUT2D eigenvalue weighted by molar-refractivity contribution is 7.86. The van der Waals surface area contributed by atoms with Crippen LogP contribution < -0.4 is 0 Å². The molecule has 1 aliphatic carbocycles. The lowest BCUT2D eigenvalue weighted by Gasteiger charge is -2.18. The number of rotatable bonds is 8. The minimum Gasteiger partial charge on any atom is -0.381 e. The van der Waals surface area contributed by atoms with E-state index in [0.29, 0.717) is 41.7 Å². The van der Waals surface area contributed by atoms with Crippen molar-refractivity contribution in [3.05, 3.63) is 22.3 Å². The maximum atomic E-state index is 12.2. The maximum absolute atomic E-state index is 12.2. The minimum atomic E-state index is -4.02. The Morgan fingerprint density at radius 3 is 2.13 bits per heavy atom. The van der Waals surface area contributed by atoms with Crippen LogP contribution in [0.4, 0.5) is 0 Å². The Morgan fingerprint density at radius 1 is 1.00 bits per heavy atom. The highest BCUT2D eigenvalue weighted by Gasteiger charge is 2.27. The van der Waals surface area contributed by atoms with Crippen molar-refractivity contribution in [1.29, 1.82) is 0 Å². The van der Waals surface area contributed by atoms with Crippen molar-refractivity contribution in [3.8, 4) is 0 Å². The summed E-state index contributed by atoms with van der Waals surface area (Å²) < 4.78 is 35.8. The molecule has 23 heavy (non-hydrogen) atoms. The lowest BCUT2D eigenvalue weighted by molar-refractivity contribution is -0.116. The van der Waals surface area contributed by atoms with Gasteiger partial charge in [0.05, 0.1) is 5.25 Å². The van der Waals surface area contributed by atoms with E-state index in [4.69, 9.17) is 9.29 Å². The van der Waals surface area contributed by atoms with Gasteiger partial charge in [0.2, 0.25) is 0 Å². The molecule has 0 radical (unpaired) electrons. The van der Waals surface area contributed by atoms with Crippen molar-refractivity contribution < 1.29 is 27.3 Å². The quantitative estimate of drug-likeness (QED) is 0.412. The number of hydrogen-bond acceptors (Lipinski definition) is 5. The number of carbonyl (C=O) groups excluding carboxylic acids is 2. The summed E-state index contributed by atoms with van der Waals surface area (Å²) in [6.45, 7) is 6.98. The van der Waals surface area contributed by atoms with Crippen LogP contribution in [0.3, 0.4) is 0 Å². The lowest BCUT2D eigenvalue weighted by Crippen LogP contribution is -2.21.